The van der Waals surface area contributed by atoms with Gasteiger partial charge < -0.3 is 19.5 Å². The SMILES string of the molecule is COC(=O)/C=C(/Nc1ccc(-c2cccc(OCc3ccccc3)c2)cc1)C(=O)OC. The van der Waals surface area contributed by atoms with Crippen LogP contribution in [0.1, 0.15) is 5.56 Å². The predicted octanol–water partition coefficient (Wildman–Crippen LogP) is 4.57. The molecule has 0 unspecified atom stereocenters. The molecule has 0 spiro atoms. The van der Waals surface area contributed by atoms with Gasteiger partial charge in [0.05, 0.1) is 20.3 Å². The number of benzene rings is 3. The molecule has 158 valence electrons. The third-order valence-corrected chi connectivity index (χ3v) is 4.45. The highest BCUT2D eigenvalue weighted by Crippen LogP contribution is 2.26. The summed E-state index contributed by atoms with van der Waals surface area (Å²) in [6.45, 7) is 0.496. The molecule has 3 aromatic rings. The largest absolute Gasteiger partial charge is 0.489 e. The zero-order valence-electron chi connectivity index (χ0n) is 17.3. The molecule has 0 heterocycles. The average Bonchev–Trinajstić information content (AvgIpc) is 2.83. The van der Waals surface area contributed by atoms with Gasteiger partial charge in [0.25, 0.3) is 0 Å². The topological polar surface area (TPSA) is 73.9 Å². The normalized spacial score (nSPS) is 10.8. The number of methoxy groups -OCH3 is 2. The zero-order chi connectivity index (χ0) is 22.1. The second-order valence-corrected chi connectivity index (χ2v) is 6.58. The van der Waals surface area contributed by atoms with E-state index >= 15 is 0 Å². The fourth-order valence-electron chi connectivity index (χ4n) is 2.84. The van der Waals surface area contributed by atoms with E-state index in [9.17, 15) is 9.59 Å². The van der Waals surface area contributed by atoms with Crippen molar-refractivity contribution in [2.45, 2.75) is 6.61 Å². The summed E-state index contributed by atoms with van der Waals surface area (Å²) in [6, 6.07) is 25.2. The summed E-state index contributed by atoms with van der Waals surface area (Å²) in [4.78, 5) is 23.4. The van der Waals surface area contributed by atoms with Gasteiger partial charge in [-0.2, -0.15) is 0 Å². The minimum Gasteiger partial charge on any atom is -0.489 e. The van der Waals surface area contributed by atoms with Gasteiger partial charge in [0, 0.05) is 5.69 Å². The van der Waals surface area contributed by atoms with Crippen LogP contribution < -0.4 is 10.1 Å². The van der Waals surface area contributed by atoms with E-state index in [1.807, 2.05) is 66.7 Å². The van der Waals surface area contributed by atoms with E-state index in [2.05, 4.69) is 10.1 Å². The van der Waals surface area contributed by atoms with Crippen LogP contribution in [0.5, 0.6) is 5.75 Å². The molecular weight excluding hydrogens is 394 g/mol. The highest BCUT2D eigenvalue weighted by Gasteiger charge is 2.13. The average molecular weight is 417 g/mol. The molecule has 0 radical (unpaired) electrons. The van der Waals surface area contributed by atoms with Crippen molar-refractivity contribution in [1.82, 2.24) is 0 Å². The van der Waals surface area contributed by atoms with Gasteiger partial charge in [0.2, 0.25) is 0 Å². The molecule has 0 aliphatic carbocycles. The van der Waals surface area contributed by atoms with Crippen molar-refractivity contribution < 1.29 is 23.8 Å². The van der Waals surface area contributed by atoms with Gasteiger partial charge >= 0.3 is 11.9 Å². The Morgan fingerprint density at radius 1 is 0.839 bits per heavy atom. The van der Waals surface area contributed by atoms with E-state index in [0.717, 1.165) is 28.5 Å². The molecule has 0 saturated carbocycles. The second-order valence-electron chi connectivity index (χ2n) is 6.58. The third kappa shape index (κ3) is 6.21. The molecule has 0 fully saturated rings. The molecule has 1 N–H and O–H groups in total. The fourth-order valence-corrected chi connectivity index (χ4v) is 2.84. The fraction of sp³-hybridized carbons (Fsp3) is 0.120. The summed E-state index contributed by atoms with van der Waals surface area (Å²) in [5.41, 5.74) is 3.69. The number of hydrogen-bond donors (Lipinski definition) is 1. The van der Waals surface area contributed by atoms with Gasteiger partial charge in [0.15, 0.2) is 0 Å². The Balaban J connectivity index is 1.71. The van der Waals surface area contributed by atoms with Gasteiger partial charge in [-0.05, 0) is 41.0 Å². The lowest BCUT2D eigenvalue weighted by molar-refractivity contribution is -0.138. The first-order chi connectivity index (χ1) is 15.1. The lowest BCUT2D eigenvalue weighted by Gasteiger charge is -2.11. The molecule has 0 aromatic heterocycles. The van der Waals surface area contributed by atoms with Crippen LogP contribution >= 0.6 is 0 Å². The monoisotopic (exact) mass is 417 g/mol. The van der Waals surface area contributed by atoms with E-state index in [1.54, 1.807) is 12.1 Å². The molecule has 6 nitrogen and oxygen atoms in total. The number of rotatable bonds is 8. The summed E-state index contributed by atoms with van der Waals surface area (Å²) in [7, 11) is 2.48. The smallest absolute Gasteiger partial charge is 0.354 e. The van der Waals surface area contributed by atoms with Crippen molar-refractivity contribution in [3.05, 3.63) is 96.2 Å². The highest BCUT2D eigenvalue weighted by molar-refractivity contribution is 5.98. The minimum atomic E-state index is -0.669. The first kappa shape index (κ1) is 21.6. The van der Waals surface area contributed by atoms with Crippen LogP contribution in [0.2, 0.25) is 0 Å². The van der Waals surface area contributed by atoms with Gasteiger partial charge in [-0.25, -0.2) is 9.59 Å². The van der Waals surface area contributed by atoms with Crippen molar-refractivity contribution in [1.29, 1.82) is 0 Å². The number of carbonyl (C=O) groups excluding carboxylic acids is 2. The van der Waals surface area contributed by atoms with Crippen LogP contribution in [0.3, 0.4) is 0 Å². The van der Waals surface area contributed by atoms with E-state index < -0.39 is 11.9 Å². The maximum absolute atomic E-state index is 11.9. The summed E-state index contributed by atoms with van der Waals surface area (Å²) < 4.78 is 15.2. The zero-order valence-corrected chi connectivity index (χ0v) is 17.3. The van der Waals surface area contributed by atoms with Crippen molar-refractivity contribution in [2.75, 3.05) is 19.5 Å². The lowest BCUT2D eigenvalue weighted by Crippen LogP contribution is -2.15. The molecule has 31 heavy (non-hydrogen) atoms. The standard InChI is InChI=1S/C25H23NO5/c1-29-24(27)16-23(25(28)30-2)26-21-13-11-19(12-14-21)20-9-6-10-22(15-20)31-17-18-7-4-3-5-8-18/h3-16,26H,17H2,1-2H3/b23-16+. The quantitative estimate of drug-likeness (QED) is 0.427. The van der Waals surface area contributed by atoms with Crippen molar-refractivity contribution in [3.63, 3.8) is 0 Å². The van der Waals surface area contributed by atoms with Gasteiger partial charge in [-0.15, -0.1) is 0 Å². The molecule has 0 saturated heterocycles. The van der Waals surface area contributed by atoms with Gasteiger partial charge in [-0.1, -0.05) is 54.6 Å². The van der Waals surface area contributed by atoms with E-state index in [1.165, 1.54) is 14.2 Å². The van der Waals surface area contributed by atoms with Gasteiger partial charge in [-0.3, -0.25) is 0 Å². The molecule has 3 rings (SSSR count). The Hall–Kier alpha value is -4.06. The molecule has 0 aliphatic heterocycles. The number of nitrogens with one attached hydrogen (secondary N) is 1. The summed E-state index contributed by atoms with van der Waals surface area (Å²) in [6.07, 6.45) is 1.05. The van der Waals surface area contributed by atoms with Crippen LogP contribution in [0.15, 0.2) is 90.6 Å². The van der Waals surface area contributed by atoms with Crippen molar-refractivity contribution in [2.24, 2.45) is 0 Å². The van der Waals surface area contributed by atoms with Crippen LogP contribution in [0.25, 0.3) is 11.1 Å². The lowest BCUT2D eigenvalue weighted by atomic mass is 10.1. The Morgan fingerprint density at radius 3 is 2.26 bits per heavy atom. The molecule has 3 aromatic carbocycles. The van der Waals surface area contributed by atoms with Crippen molar-refractivity contribution in [3.8, 4) is 16.9 Å². The number of carbonyl (C=O) groups is 2. The first-order valence-electron chi connectivity index (χ1n) is 9.61. The van der Waals surface area contributed by atoms with Crippen molar-refractivity contribution >= 4 is 17.6 Å². The number of hydrogen-bond acceptors (Lipinski definition) is 6. The Morgan fingerprint density at radius 2 is 1.58 bits per heavy atom. The van der Waals surface area contributed by atoms with Crippen LogP contribution in [0, 0.1) is 0 Å². The molecule has 6 heteroatoms. The Labute approximate surface area is 181 Å². The molecular formula is C25H23NO5. The van der Waals surface area contributed by atoms with Crippen LogP contribution in [-0.4, -0.2) is 26.2 Å². The van der Waals surface area contributed by atoms with Crippen LogP contribution in [-0.2, 0) is 25.7 Å². The summed E-state index contributed by atoms with van der Waals surface area (Å²) in [5.74, 6) is -0.549. The molecule has 0 aliphatic rings. The maximum Gasteiger partial charge on any atom is 0.354 e. The number of ether oxygens (including phenoxy) is 3. The minimum absolute atomic E-state index is 0.0154. The third-order valence-electron chi connectivity index (χ3n) is 4.45. The summed E-state index contributed by atoms with van der Waals surface area (Å²) >= 11 is 0. The van der Waals surface area contributed by atoms with Gasteiger partial charge in [0.1, 0.15) is 18.1 Å². The molecule has 0 bridgehead atoms. The molecule has 0 atom stereocenters. The number of esters is 2. The van der Waals surface area contributed by atoms with Crippen LogP contribution in [0.4, 0.5) is 5.69 Å². The molecule has 0 amide bonds. The predicted molar refractivity (Wildman–Crippen MR) is 118 cm³/mol. The second kappa shape index (κ2) is 10.6. The van der Waals surface area contributed by atoms with E-state index in [0.29, 0.717) is 12.3 Å². The van der Waals surface area contributed by atoms with E-state index in [4.69, 9.17) is 9.47 Å². The first-order valence-corrected chi connectivity index (χ1v) is 9.61. The Bertz CT molecular complexity index is 1060. The maximum atomic E-state index is 11.9. The Kier molecular flexibility index (Phi) is 7.43. The number of anilines is 1. The highest BCUT2D eigenvalue weighted by atomic mass is 16.5. The van der Waals surface area contributed by atoms with E-state index in [-0.39, 0.29) is 5.70 Å². The summed E-state index contributed by atoms with van der Waals surface area (Å²) in [5, 5.41) is 2.88.